The molecule has 0 saturated heterocycles. The Bertz CT molecular complexity index is 543. The van der Waals surface area contributed by atoms with E-state index in [1.165, 1.54) is 6.08 Å². The van der Waals surface area contributed by atoms with Crippen molar-refractivity contribution in [1.29, 1.82) is 0 Å². The average Bonchev–Trinajstić information content (AvgIpc) is 2.65. The molecule has 0 aliphatic rings. The molecule has 0 unspecified atom stereocenters. The smallest absolute Gasteiger partial charge is 0.235 e. The summed E-state index contributed by atoms with van der Waals surface area (Å²) in [6.07, 6.45) is 3.22. The molecule has 2 aromatic carbocycles. The summed E-state index contributed by atoms with van der Waals surface area (Å²) in [5.41, 5.74) is 1.57. The maximum Gasteiger partial charge on any atom is 0.235 e. The molecule has 2 aromatic rings. The lowest BCUT2D eigenvalue weighted by atomic mass is 10.2. The van der Waals surface area contributed by atoms with Crippen LogP contribution in [0.15, 0.2) is 66.9 Å². The van der Waals surface area contributed by atoms with E-state index in [4.69, 9.17) is 0 Å². The summed E-state index contributed by atoms with van der Waals surface area (Å²) in [6, 6.07) is 18.2. The van der Waals surface area contributed by atoms with Crippen molar-refractivity contribution in [2.45, 2.75) is 27.7 Å². The van der Waals surface area contributed by atoms with Crippen LogP contribution in [-0.4, -0.2) is 11.2 Å². The van der Waals surface area contributed by atoms with Crippen LogP contribution in [0, 0.1) is 10.1 Å². The number of carbonyl (C=O) groups is 1. The van der Waals surface area contributed by atoms with E-state index < -0.39 is 4.92 Å². The minimum Gasteiger partial charge on any atom is -0.298 e. The molecule has 0 aliphatic heterocycles. The molecule has 0 saturated carbocycles. The normalized spacial score (nSPS) is 8.00. The van der Waals surface area contributed by atoms with Gasteiger partial charge in [-0.05, 0) is 5.56 Å². The highest BCUT2D eigenvalue weighted by atomic mass is 127. The third kappa shape index (κ3) is 16.4. The Morgan fingerprint density at radius 2 is 1.17 bits per heavy atom. The second-order valence-electron chi connectivity index (χ2n) is 3.54. The highest BCUT2D eigenvalue weighted by molar-refractivity contribution is 14.0. The summed E-state index contributed by atoms with van der Waals surface area (Å²) in [4.78, 5) is 19.4. The number of benzene rings is 2. The fourth-order valence-corrected chi connectivity index (χ4v) is 1.24. The van der Waals surface area contributed by atoms with Crippen LogP contribution in [0.3, 0.4) is 0 Å². The van der Waals surface area contributed by atoms with Gasteiger partial charge in [-0.3, -0.25) is 14.9 Å². The van der Waals surface area contributed by atoms with E-state index in [1.54, 1.807) is 24.3 Å². The molecular formula is C19H26INO3. The second-order valence-corrected chi connectivity index (χ2v) is 3.54. The fourth-order valence-electron chi connectivity index (χ4n) is 1.24. The Morgan fingerprint density at radius 1 is 0.792 bits per heavy atom. The number of rotatable bonds is 3. The van der Waals surface area contributed by atoms with E-state index in [2.05, 4.69) is 0 Å². The Morgan fingerprint density at radius 3 is 1.46 bits per heavy atom. The highest BCUT2D eigenvalue weighted by Crippen LogP contribution is 2.00. The number of hydrogen-bond acceptors (Lipinski definition) is 3. The number of nitrogens with zero attached hydrogens (tertiary/aromatic N) is 1. The van der Waals surface area contributed by atoms with Gasteiger partial charge in [-0.25, -0.2) is 0 Å². The third-order valence-electron chi connectivity index (χ3n) is 2.12. The van der Waals surface area contributed by atoms with Crippen LogP contribution in [0.2, 0.25) is 0 Å². The van der Waals surface area contributed by atoms with Crippen LogP contribution in [0.5, 0.6) is 0 Å². The number of hydrogen-bond donors (Lipinski definition) is 0. The Labute approximate surface area is 161 Å². The lowest BCUT2D eigenvalue weighted by Crippen LogP contribution is -1.81. The topological polar surface area (TPSA) is 60.2 Å². The molecule has 0 spiro atoms. The molecule has 0 bridgehead atoms. The van der Waals surface area contributed by atoms with Gasteiger partial charge >= 0.3 is 0 Å². The first-order chi connectivity index (χ1) is 11.2. The molecule has 0 heterocycles. The molecule has 0 fully saturated rings. The molecule has 0 atom stereocenters. The van der Waals surface area contributed by atoms with E-state index in [-0.39, 0.29) is 24.0 Å². The number of aldehydes is 1. The van der Waals surface area contributed by atoms with Gasteiger partial charge in [0, 0.05) is 11.6 Å². The molecular weight excluding hydrogens is 417 g/mol. The molecule has 0 aliphatic carbocycles. The molecule has 24 heavy (non-hydrogen) atoms. The van der Waals surface area contributed by atoms with Crippen LogP contribution in [0.25, 0.3) is 6.08 Å². The van der Waals surface area contributed by atoms with Gasteiger partial charge in [0.2, 0.25) is 6.20 Å². The maximum atomic E-state index is 10.0. The van der Waals surface area contributed by atoms with Crippen molar-refractivity contribution in [2.24, 2.45) is 0 Å². The summed E-state index contributed by atoms with van der Waals surface area (Å²) in [6.45, 7) is 8.00. The molecule has 2 rings (SSSR count). The summed E-state index contributed by atoms with van der Waals surface area (Å²) in [5.74, 6) is 0. The van der Waals surface area contributed by atoms with E-state index in [0.717, 1.165) is 23.6 Å². The highest BCUT2D eigenvalue weighted by Gasteiger charge is 1.86. The summed E-state index contributed by atoms with van der Waals surface area (Å²) in [5, 5.41) is 9.89. The predicted octanol–water partition coefficient (Wildman–Crippen LogP) is 6.10. The standard InChI is InChI=1S/C8H7NO2.C7H6O.2C2H6.HI/c10-9(11)7-6-8-4-2-1-3-5-8;8-6-7-4-2-1-3-5-7;2*1-2;/h1-7H;1-6H;2*1-2H3;1H/b7-6+;;;;. The molecule has 0 N–H and O–H groups in total. The zero-order chi connectivity index (χ0) is 17.9. The number of halogens is 1. The summed E-state index contributed by atoms with van der Waals surface area (Å²) >= 11 is 0. The summed E-state index contributed by atoms with van der Waals surface area (Å²) in [7, 11) is 0. The lowest BCUT2D eigenvalue weighted by Gasteiger charge is -1.86. The molecule has 5 heteroatoms. The zero-order valence-electron chi connectivity index (χ0n) is 14.6. The fraction of sp³-hybridized carbons (Fsp3) is 0.211. The lowest BCUT2D eigenvalue weighted by molar-refractivity contribution is -0.400. The van der Waals surface area contributed by atoms with E-state index >= 15 is 0 Å². The van der Waals surface area contributed by atoms with Crippen molar-refractivity contribution in [3.05, 3.63) is 88.1 Å². The first kappa shape index (κ1) is 26.9. The van der Waals surface area contributed by atoms with Crippen molar-refractivity contribution in [1.82, 2.24) is 0 Å². The third-order valence-corrected chi connectivity index (χ3v) is 2.12. The molecule has 4 nitrogen and oxygen atoms in total. The van der Waals surface area contributed by atoms with Gasteiger partial charge in [0.05, 0.1) is 4.92 Å². The largest absolute Gasteiger partial charge is 0.298 e. The average molecular weight is 443 g/mol. The van der Waals surface area contributed by atoms with Crippen molar-refractivity contribution < 1.29 is 9.72 Å². The molecule has 0 aromatic heterocycles. The van der Waals surface area contributed by atoms with E-state index in [1.807, 2.05) is 64.1 Å². The van der Waals surface area contributed by atoms with Crippen LogP contribution < -0.4 is 0 Å². The van der Waals surface area contributed by atoms with Gasteiger partial charge in [-0.15, -0.1) is 24.0 Å². The molecule has 132 valence electrons. The second kappa shape index (κ2) is 21.0. The quantitative estimate of drug-likeness (QED) is 0.249. The van der Waals surface area contributed by atoms with Gasteiger partial charge in [0.25, 0.3) is 0 Å². The number of carbonyl (C=O) groups excluding carboxylic acids is 1. The van der Waals surface area contributed by atoms with Crippen LogP contribution in [0.1, 0.15) is 43.6 Å². The predicted molar refractivity (Wildman–Crippen MR) is 112 cm³/mol. The van der Waals surface area contributed by atoms with Crippen molar-refractivity contribution in [2.75, 3.05) is 0 Å². The Hall–Kier alpha value is -2.02. The van der Waals surface area contributed by atoms with Crippen molar-refractivity contribution in [3.8, 4) is 0 Å². The van der Waals surface area contributed by atoms with Crippen LogP contribution in [-0.2, 0) is 0 Å². The minimum absolute atomic E-state index is 0. The summed E-state index contributed by atoms with van der Waals surface area (Å²) < 4.78 is 0. The minimum atomic E-state index is -0.479. The first-order valence-corrected chi connectivity index (χ1v) is 7.59. The van der Waals surface area contributed by atoms with Gasteiger partial charge in [0.1, 0.15) is 6.29 Å². The zero-order valence-corrected chi connectivity index (χ0v) is 16.9. The van der Waals surface area contributed by atoms with Crippen molar-refractivity contribution in [3.63, 3.8) is 0 Å². The first-order valence-electron chi connectivity index (χ1n) is 7.59. The van der Waals surface area contributed by atoms with Crippen LogP contribution in [0.4, 0.5) is 0 Å². The Balaban J connectivity index is -0.000000302. The van der Waals surface area contributed by atoms with Gasteiger partial charge < -0.3 is 0 Å². The Kier molecular flexibility index (Phi) is 23.5. The molecule has 0 radical (unpaired) electrons. The monoisotopic (exact) mass is 443 g/mol. The van der Waals surface area contributed by atoms with Gasteiger partial charge in [-0.1, -0.05) is 88.4 Å². The van der Waals surface area contributed by atoms with E-state index in [0.29, 0.717) is 0 Å². The SMILES string of the molecule is CC.CC.I.O=Cc1ccccc1.O=[N+]([O-])/C=C/c1ccccc1. The number of nitro groups is 1. The van der Waals surface area contributed by atoms with Gasteiger partial charge in [-0.2, -0.15) is 0 Å². The van der Waals surface area contributed by atoms with Crippen LogP contribution >= 0.6 is 24.0 Å². The van der Waals surface area contributed by atoms with Crippen molar-refractivity contribution >= 4 is 36.3 Å². The van der Waals surface area contributed by atoms with E-state index in [9.17, 15) is 14.9 Å². The molecule has 0 amide bonds. The maximum absolute atomic E-state index is 10.0. The van der Waals surface area contributed by atoms with Gasteiger partial charge in [0.15, 0.2) is 0 Å².